The quantitative estimate of drug-likeness (QED) is 0.457. The van der Waals surface area contributed by atoms with Crippen LogP contribution in [0.4, 0.5) is 23.1 Å². The Kier molecular flexibility index (Phi) is 7.80. The van der Waals surface area contributed by atoms with Gasteiger partial charge in [-0.3, -0.25) is 4.79 Å². The van der Waals surface area contributed by atoms with Gasteiger partial charge in [0.05, 0.1) is 11.3 Å². The fourth-order valence-electron chi connectivity index (χ4n) is 3.86. The van der Waals surface area contributed by atoms with Crippen molar-refractivity contribution in [3.05, 3.63) is 30.0 Å². The first-order valence-electron chi connectivity index (χ1n) is 10.4. The highest BCUT2D eigenvalue weighted by Crippen LogP contribution is 2.31. The number of rotatable bonds is 6. The monoisotopic (exact) mass is 446 g/mol. The number of primary amides is 1. The van der Waals surface area contributed by atoms with Gasteiger partial charge in [0.15, 0.2) is 0 Å². The molecule has 2 heterocycles. The molecule has 0 bridgehead atoms. The normalized spacial score (nSPS) is 18.4. The molecule has 1 aromatic heterocycles. The van der Waals surface area contributed by atoms with Gasteiger partial charge in [-0.25, -0.2) is 4.98 Å². The summed E-state index contributed by atoms with van der Waals surface area (Å²) in [6.45, 7) is 1.43. The number of aliphatic hydroxyl groups is 1. The Hall–Kier alpha value is -2.72. The number of hydrogen-bond acceptors (Lipinski definition) is 8. The highest BCUT2D eigenvalue weighted by molar-refractivity contribution is 7.59. The van der Waals surface area contributed by atoms with Gasteiger partial charge < -0.3 is 31.5 Å². The zero-order valence-corrected chi connectivity index (χ0v) is 18.4. The number of fused-ring (bicyclic) bond motifs is 1. The van der Waals surface area contributed by atoms with Crippen LogP contribution in [0.1, 0.15) is 42.5 Å². The first-order valence-corrected chi connectivity index (χ1v) is 10.4. The lowest BCUT2D eigenvalue weighted by molar-refractivity contribution is 0.100. The minimum atomic E-state index is -0.559. The lowest BCUT2D eigenvalue weighted by atomic mass is 9.89. The van der Waals surface area contributed by atoms with E-state index < -0.39 is 12.0 Å². The van der Waals surface area contributed by atoms with E-state index >= 15 is 0 Å². The highest BCUT2D eigenvalue weighted by atomic mass is 32.1. The van der Waals surface area contributed by atoms with Crippen molar-refractivity contribution >= 4 is 42.5 Å². The predicted octanol–water partition coefficient (Wildman–Crippen LogP) is 2.59. The molecule has 0 spiro atoms. The number of β-amino-alcohol motifs (C(OH)–C–C–N with tert-alkyl or cyclic N) is 1. The molecule has 2 aliphatic rings. The molecule has 1 aromatic carbocycles. The maximum Gasteiger partial charge on any atom is 0.254 e. The summed E-state index contributed by atoms with van der Waals surface area (Å²) in [5.74, 6) is 1.51. The third-order valence-electron chi connectivity index (χ3n) is 5.53. The largest absolute Gasteiger partial charge is 0.489 e. The van der Waals surface area contributed by atoms with E-state index in [4.69, 9.17) is 10.5 Å². The number of nitrogens with zero attached hydrogens (tertiary/aromatic N) is 2. The predicted molar refractivity (Wildman–Crippen MR) is 126 cm³/mol. The van der Waals surface area contributed by atoms with Crippen molar-refractivity contribution in [1.82, 2.24) is 9.97 Å². The first-order chi connectivity index (χ1) is 14.6. The fourth-order valence-corrected chi connectivity index (χ4v) is 3.86. The maximum absolute atomic E-state index is 11.8. The summed E-state index contributed by atoms with van der Waals surface area (Å²) < 4.78 is 5.58. The topological polar surface area (TPSA) is 134 Å². The molecular weight excluding hydrogens is 416 g/mol. The van der Waals surface area contributed by atoms with E-state index in [0.29, 0.717) is 30.0 Å². The summed E-state index contributed by atoms with van der Waals surface area (Å²) in [6, 6.07) is 5.54. The molecule has 6 N–H and O–H groups in total. The number of aromatic nitrogens is 2. The molecule has 1 fully saturated rings. The SMILES string of the molecule is NC(=O)c1cnc(Nc2ccc3c(c2)NC[C@H](O)CO3)nc1NCC1CCCCC1.S. The van der Waals surface area contributed by atoms with Crippen molar-refractivity contribution in [2.45, 2.75) is 38.2 Å². The van der Waals surface area contributed by atoms with Gasteiger partial charge in [-0.1, -0.05) is 19.3 Å². The van der Waals surface area contributed by atoms with Crippen LogP contribution in [0.25, 0.3) is 0 Å². The molecule has 1 aliphatic carbocycles. The Balaban J connectivity index is 0.00000272. The third-order valence-corrected chi connectivity index (χ3v) is 5.53. The van der Waals surface area contributed by atoms with Gasteiger partial charge in [0, 0.05) is 25.0 Å². The average molecular weight is 447 g/mol. The first kappa shape index (κ1) is 23.0. The van der Waals surface area contributed by atoms with Gasteiger partial charge in [-0.05, 0) is 37.0 Å². The molecule has 1 saturated carbocycles. The van der Waals surface area contributed by atoms with Crippen LogP contribution in [0.5, 0.6) is 5.75 Å². The molecule has 0 radical (unpaired) electrons. The zero-order valence-electron chi connectivity index (χ0n) is 17.4. The second-order valence-corrected chi connectivity index (χ2v) is 7.89. The smallest absolute Gasteiger partial charge is 0.254 e. The van der Waals surface area contributed by atoms with E-state index in [1.165, 1.54) is 38.3 Å². The van der Waals surface area contributed by atoms with E-state index in [-0.39, 0.29) is 25.7 Å². The number of ether oxygens (including phenoxy) is 1. The number of anilines is 4. The Bertz CT molecular complexity index is 907. The molecule has 0 saturated heterocycles. The second kappa shape index (κ2) is 10.5. The molecule has 1 atom stereocenters. The van der Waals surface area contributed by atoms with E-state index in [9.17, 15) is 9.90 Å². The minimum Gasteiger partial charge on any atom is -0.489 e. The van der Waals surface area contributed by atoms with E-state index in [0.717, 1.165) is 17.9 Å². The van der Waals surface area contributed by atoms with Crippen LogP contribution in [0.15, 0.2) is 24.4 Å². The number of aliphatic hydroxyl groups excluding tert-OH is 1. The van der Waals surface area contributed by atoms with Crippen LogP contribution < -0.4 is 26.4 Å². The van der Waals surface area contributed by atoms with Crippen molar-refractivity contribution in [2.75, 3.05) is 35.6 Å². The lowest BCUT2D eigenvalue weighted by Gasteiger charge is -2.22. The van der Waals surface area contributed by atoms with Crippen molar-refractivity contribution in [3.8, 4) is 5.75 Å². The summed E-state index contributed by atoms with van der Waals surface area (Å²) in [4.78, 5) is 20.5. The molecule has 0 unspecified atom stereocenters. The van der Waals surface area contributed by atoms with Crippen LogP contribution in [0, 0.1) is 5.92 Å². The molecule has 2 aromatic rings. The molecular formula is C21H30N6O3S. The van der Waals surface area contributed by atoms with Crippen LogP contribution in [0.2, 0.25) is 0 Å². The average Bonchev–Trinajstić information content (AvgIpc) is 2.94. The summed E-state index contributed by atoms with van der Waals surface area (Å²) in [7, 11) is 0. The number of carbonyl (C=O) groups is 1. The number of hydrogen-bond donors (Lipinski definition) is 5. The third kappa shape index (κ3) is 5.92. The van der Waals surface area contributed by atoms with Crippen LogP contribution in [-0.4, -0.2) is 46.8 Å². The van der Waals surface area contributed by atoms with Gasteiger partial charge >= 0.3 is 0 Å². The minimum absolute atomic E-state index is 0. The fraction of sp³-hybridized carbons (Fsp3) is 0.476. The van der Waals surface area contributed by atoms with Gasteiger partial charge in [-0.2, -0.15) is 18.5 Å². The van der Waals surface area contributed by atoms with Crippen molar-refractivity contribution < 1.29 is 14.6 Å². The molecule has 4 rings (SSSR count). The summed E-state index contributed by atoms with van der Waals surface area (Å²) >= 11 is 0. The number of amides is 1. The number of benzene rings is 1. The standard InChI is InChI=1S/C21H28N6O3.H2S/c22-19(29)16-11-25-21(27-20(16)24-9-13-4-2-1-3-5-13)26-14-6-7-18-17(8-14)23-10-15(28)12-30-18;/h6-8,11,13,15,23,28H,1-5,9-10,12H2,(H2,22,29)(H2,24,25,26,27);1H2/t15-;/m0./s1. The van der Waals surface area contributed by atoms with E-state index in [2.05, 4.69) is 25.9 Å². The van der Waals surface area contributed by atoms with Crippen LogP contribution >= 0.6 is 13.5 Å². The lowest BCUT2D eigenvalue weighted by Crippen LogP contribution is -2.23. The van der Waals surface area contributed by atoms with Crippen LogP contribution in [0.3, 0.4) is 0 Å². The van der Waals surface area contributed by atoms with Gasteiger partial charge in [0.1, 0.15) is 24.3 Å². The van der Waals surface area contributed by atoms with Gasteiger partial charge in [0.2, 0.25) is 5.95 Å². The van der Waals surface area contributed by atoms with Crippen molar-refractivity contribution in [3.63, 3.8) is 0 Å². The zero-order chi connectivity index (χ0) is 20.9. The summed E-state index contributed by atoms with van der Waals surface area (Å²) in [5.41, 5.74) is 7.32. The molecule has 31 heavy (non-hydrogen) atoms. The van der Waals surface area contributed by atoms with E-state index in [1.54, 1.807) is 0 Å². The van der Waals surface area contributed by atoms with Crippen LogP contribution in [-0.2, 0) is 0 Å². The Labute approximate surface area is 188 Å². The number of carbonyl (C=O) groups excluding carboxylic acids is 1. The van der Waals surface area contributed by atoms with Gasteiger partial charge in [-0.15, -0.1) is 0 Å². The van der Waals surface area contributed by atoms with Crippen molar-refractivity contribution in [2.24, 2.45) is 11.7 Å². The molecule has 10 heteroatoms. The second-order valence-electron chi connectivity index (χ2n) is 7.89. The summed E-state index contributed by atoms with van der Waals surface area (Å²) in [6.07, 6.45) is 7.06. The Morgan fingerprint density at radius 2 is 2.10 bits per heavy atom. The highest BCUT2D eigenvalue weighted by Gasteiger charge is 2.18. The van der Waals surface area contributed by atoms with Gasteiger partial charge in [0.25, 0.3) is 5.91 Å². The number of nitrogens with two attached hydrogens (primary N) is 1. The molecule has 1 aliphatic heterocycles. The van der Waals surface area contributed by atoms with Crippen molar-refractivity contribution in [1.29, 1.82) is 0 Å². The Morgan fingerprint density at radius 3 is 2.87 bits per heavy atom. The molecule has 168 valence electrons. The molecule has 1 amide bonds. The number of nitrogens with one attached hydrogen (secondary N) is 3. The Morgan fingerprint density at radius 1 is 1.29 bits per heavy atom. The maximum atomic E-state index is 11.8. The van der Waals surface area contributed by atoms with E-state index in [1.807, 2.05) is 18.2 Å². The summed E-state index contributed by atoms with van der Waals surface area (Å²) in [5, 5.41) is 19.4. The molecule has 9 nitrogen and oxygen atoms in total.